The minimum absolute atomic E-state index is 0.790. The van der Waals surface area contributed by atoms with Crippen LogP contribution >= 0.6 is 0 Å². The molecule has 0 spiro atoms. The van der Waals surface area contributed by atoms with Crippen LogP contribution in [-0.2, 0) is 0 Å². The minimum Gasteiger partial charge on any atom is -0.385 e. The third-order valence-electron chi connectivity index (χ3n) is 2.12. The summed E-state index contributed by atoms with van der Waals surface area (Å²) in [5, 5.41) is 3.21. The molecule has 0 saturated heterocycles. The summed E-state index contributed by atoms with van der Waals surface area (Å²) < 4.78 is 0. The molecular formula is C12H13N3. The fourth-order valence-corrected chi connectivity index (χ4v) is 1.37. The maximum atomic E-state index is 4.22. The molecule has 0 atom stereocenters. The number of imidazole rings is 1. The van der Waals surface area contributed by atoms with E-state index in [1.165, 1.54) is 0 Å². The smallest absolute Gasteiger partial charge is 0.131 e. The van der Waals surface area contributed by atoms with Crippen molar-refractivity contribution < 1.29 is 0 Å². The van der Waals surface area contributed by atoms with Crippen LogP contribution in [0, 0.1) is 18.8 Å². The number of aromatic amines is 1. The number of hydrogen-bond acceptors (Lipinski definition) is 2. The van der Waals surface area contributed by atoms with Gasteiger partial charge < -0.3 is 10.3 Å². The molecule has 3 heteroatoms. The van der Waals surface area contributed by atoms with Crippen LogP contribution in [0.4, 0.5) is 0 Å². The van der Waals surface area contributed by atoms with Crippen molar-refractivity contribution in [3.05, 3.63) is 41.1 Å². The number of aryl methyl sites for hydroxylation is 1. The molecule has 3 nitrogen and oxygen atoms in total. The van der Waals surface area contributed by atoms with Gasteiger partial charge in [0.25, 0.3) is 0 Å². The summed E-state index contributed by atoms with van der Waals surface area (Å²) in [6.45, 7) is 4.80. The fraction of sp³-hybridized carbons (Fsp3) is 0.250. The molecule has 0 bridgehead atoms. The molecule has 0 radical (unpaired) electrons. The van der Waals surface area contributed by atoms with E-state index < -0.39 is 0 Å². The molecule has 0 aliphatic carbocycles. The van der Waals surface area contributed by atoms with Crippen molar-refractivity contribution in [2.45, 2.75) is 13.8 Å². The van der Waals surface area contributed by atoms with Crippen molar-refractivity contribution in [2.75, 3.05) is 6.54 Å². The van der Waals surface area contributed by atoms with Crippen LogP contribution in [0.2, 0.25) is 0 Å². The first-order valence-corrected chi connectivity index (χ1v) is 4.90. The highest BCUT2D eigenvalue weighted by atomic mass is 14.9. The van der Waals surface area contributed by atoms with E-state index in [9.17, 15) is 0 Å². The summed E-state index contributed by atoms with van der Waals surface area (Å²) in [5.41, 5.74) is 2.99. The topological polar surface area (TPSA) is 40.7 Å². The van der Waals surface area contributed by atoms with Gasteiger partial charge in [0, 0.05) is 24.0 Å². The Hall–Kier alpha value is -1.95. The van der Waals surface area contributed by atoms with Crippen molar-refractivity contribution in [3.8, 4) is 11.8 Å². The van der Waals surface area contributed by atoms with Crippen LogP contribution in [-0.4, -0.2) is 16.5 Å². The van der Waals surface area contributed by atoms with E-state index in [0.717, 1.165) is 29.3 Å². The summed E-state index contributed by atoms with van der Waals surface area (Å²) in [6.07, 6.45) is 5.93. The summed E-state index contributed by atoms with van der Waals surface area (Å²) in [6, 6.07) is 0. The monoisotopic (exact) mass is 199 g/mol. The van der Waals surface area contributed by atoms with E-state index in [-0.39, 0.29) is 0 Å². The molecular weight excluding hydrogens is 186 g/mol. The zero-order valence-electron chi connectivity index (χ0n) is 8.89. The standard InChI is InChI=1S/C12H13N3/c1-9-7-11(5-6-13-9)3-4-12-8-14-10(2)15-12/h5,7-8,13H,6H2,1-2H3,(H,14,15). The van der Waals surface area contributed by atoms with Crippen LogP contribution in [0.15, 0.2) is 29.6 Å². The first kappa shape index (κ1) is 9.60. The van der Waals surface area contributed by atoms with E-state index in [1.54, 1.807) is 0 Å². The first-order valence-electron chi connectivity index (χ1n) is 4.90. The molecule has 15 heavy (non-hydrogen) atoms. The minimum atomic E-state index is 0.790. The molecule has 2 N–H and O–H groups in total. The Bertz CT molecular complexity index is 480. The van der Waals surface area contributed by atoms with Crippen LogP contribution in [0.5, 0.6) is 0 Å². The normalized spacial score (nSPS) is 14.5. The average molecular weight is 199 g/mol. The predicted octanol–water partition coefficient (Wildman–Crippen LogP) is 1.50. The quantitative estimate of drug-likeness (QED) is 0.622. The van der Waals surface area contributed by atoms with E-state index in [2.05, 4.69) is 33.2 Å². The van der Waals surface area contributed by atoms with Gasteiger partial charge in [0.1, 0.15) is 11.5 Å². The van der Waals surface area contributed by atoms with Crippen molar-refractivity contribution in [1.82, 2.24) is 15.3 Å². The maximum Gasteiger partial charge on any atom is 0.131 e. The number of allylic oxidation sites excluding steroid dienone is 3. The second kappa shape index (κ2) is 4.05. The van der Waals surface area contributed by atoms with Crippen molar-refractivity contribution in [2.24, 2.45) is 0 Å². The average Bonchev–Trinajstić information content (AvgIpc) is 2.62. The van der Waals surface area contributed by atoms with Gasteiger partial charge in [-0.3, -0.25) is 0 Å². The molecule has 0 aromatic carbocycles. The Morgan fingerprint density at radius 1 is 1.33 bits per heavy atom. The molecule has 0 unspecified atom stereocenters. The van der Waals surface area contributed by atoms with Gasteiger partial charge in [0.05, 0.1) is 0 Å². The van der Waals surface area contributed by atoms with Crippen molar-refractivity contribution in [1.29, 1.82) is 0 Å². The Morgan fingerprint density at radius 2 is 2.20 bits per heavy atom. The lowest BCUT2D eigenvalue weighted by atomic mass is 10.1. The highest BCUT2D eigenvalue weighted by Gasteiger charge is 1.97. The zero-order valence-corrected chi connectivity index (χ0v) is 8.89. The highest BCUT2D eigenvalue weighted by molar-refractivity contribution is 5.45. The Labute approximate surface area is 89.3 Å². The third kappa shape index (κ3) is 2.50. The number of nitrogens with one attached hydrogen (secondary N) is 2. The lowest BCUT2D eigenvalue weighted by molar-refractivity contribution is 0.886. The molecule has 0 fully saturated rings. The first-order chi connectivity index (χ1) is 7.24. The third-order valence-corrected chi connectivity index (χ3v) is 2.12. The summed E-state index contributed by atoms with van der Waals surface area (Å²) in [7, 11) is 0. The maximum absolute atomic E-state index is 4.22. The zero-order chi connectivity index (χ0) is 10.7. The number of hydrogen-bond donors (Lipinski definition) is 2. The van der Waals surface area contributed by atoms with E-state index >= 15 is 0 Å². The molecule has 2 rings (SSSR count). The fourth-order valence-electron chi connectivity index (χ4n) is 1.37. The Kier molecular flexibility index (Phi) is 2.59. The number of nitrogens with zero attached hydrogens (tertiary/aromatic N) is 1. The van der Waals surface area contributed by atoms with Gasteiger partial charge in [-0.2, -0.15) is 0 Å². The summed E-state index contributed by atoms with van der Waals surface area (Å²) in [5.74, 6) is 7.01. The molecule has 1 aliphatic rings. The van der Waals surface area contributed by atoms with Gasteiger partial charge in [0.2, 0.25) is 0 Å². The largest absolute Gasteiger partial charge is 0.385 e. The molecule has 1 aliphatic heterocycles. The van der Waals surface area contributed by atoms with Crippen LogP contribution in [0.3, 0.4) is 0 Å². The van der Waals surface area contributed by atoms with E-state index in [0.29, 0.717) is 0 Å². The summed E-state index contributed by atoms with van der Waals surface area (Å²) >= 11 is 0. The second-order valence-electron chi connectivity index (χ2n) is 3.49. The summed E-state index contributed by atoms with van der Waals surface area (Å²) in [4.78, 5) is 7.23. The number of H-pyrrole nitrogens is 1. The molecule has 2 heterocycles. The number of dihydropyridines is 1. The van der Waals surface area contributed by atoms with Gasteiger partial charge in [-0.05, 0) is 31.9 Å². The van der Waals surface area contributed by atoms with Crippen molar-refractivity contribution >= 4 is 0 Å². The lowest BCUT2D eigenvalue weighted by Gasteiger charge is -2.08. The molecule has 76 valence electrons. The van der Waals surface area contributed by atoms with Gasteiger partial charge in [-0.25, -0.2) is 4.98 Å². The SMILES string of the molecule is CC1=CC(C#Cc2c[nH]c(C)n2)=CCN1. The van der Waals surface area contributed by atoms with Gasteiger partial charge in [0.15, 0.2) is 0 Å². The number of aromatic nitrogens is 2. The molecule has 1 aromatic rings. The van der Waals surface area contributed by atoms with Crippen LogP contribution < -0.4 is 5.32 Å². The second-order valence-corrected chi connectivity index (χ2v) is 3.49. The van der Waals surface area contributed by atoms with E-state index in [1.807, 2.05) is 26.1 Å². The molecule has 0 saturated carbocycles. The lowest BCUT2D eigenvalue weighted by Crippen LogP contribution is -2.14. The van der Waals surface area contributed by atoms with Crippen molar-refractivity contribution in [3.63, 3.8) is 0 Å². The Balaban J connectivity index is 2.15. The van der Waals surface area contributed by atoms with Gasteiger partial charge in [-0.1, -0.05) is 5.92 Å². The van der Waals surface area contributed by atoms with Crippen LogP contribution in [0.1, 0.15) is 18.4 Å². The van der Waals surface area contributed by atoms with E-state index in [4.69, 9.17) is 0 Å². The Morgan fingerprint density at radius 3 is 2.87 bits per heavy atom. The highest BCUT2D eigenvalue weighted by Crippen LogP contribution is 2.04. The molecule has 1 aromatic heterocycles. The molecule has 0 amide bonds. The number of rotatable bonds is 0. The van der Waals surface area contributed by atoms with Gasteiger partial charge in [-0.15, -0.1) is 0 Å². The van der Waals surface area contributed by atoms with Gasteiger partial charge >= 0.3 is 0 Å². The predicted molar refractivity (Wildman–Crippen MR) is 60.0 cm³/mol. The van der Waals surface area contributed by atoms with Crippen LogP contribution in [0.25, 0.3) is 0 Å².